The molecule has 1 aliphatic rings. The summed E-state index contributed by atoms with van der Waals surface area (Å²) < 4.78 is 42.4. The smallest absolute Gasteiger partial charge is 0.416 e. The first-order valence-corrected chi connectivity index (χ1v) is 6.77. The van der Waals surface area contributed by atoms with Crippen LogP contribution < -0.4 is 10.1 Å². The Kier molecular flexibility index (Phi) is 4.31. The highest BCUT2D eigenvalue weighted by atomic mass is 19.4. The molecule has 2 rings (SSSR count). The van der Waals surface area contributed by atoms with E-state index in [-0.39, 0.29) is 18.3 Å². The second kappa shape index (κ2) is 5.87. The van der Waals surface area contributed by atoms with Crippen LogP contribution in [0.1, 0.15) is 25.3 Å². The fourth-order valence-corrected chi connectivity index (χ4v) is 2.10. The van der Waals surface area contributed by atoms with Crippen LogP contribution >= 0.6 is 0 Å². The Morgan fingerprint density at radius 3 is 2.41 bits per heavy atom. The van der Waals surface area contributed by atoms with Gasteiger partial charge in [-0.25, -0.2) is 0 Å². The summed E-state index contributed by atoms with van der Waals surface area (Å²) in [6.45, 7) is 1.30. The average Bonchev–Trinajstić information content (AvgIpc) is 3.29. The van der Waals surface area contributed by atoms with Crippen LogP contribution in [-0.2, 0) is 11.0 Å². The number of carbonyl (C=O) groups excluding carboxylic acids is 1. The summed E-state index contributed by atoms with van der Waals surface area (Å²) in [6, 6.07) is 6.16. The number of nitriles is 1. The predicted molar refractivity (Wildman–Crippen MR) is 71.8 cm³/mol. The van der Waals surface area contributed by atoms with Gasteiger partial charge in [0.25, 0.3) is 5.91 Å². The van der Waals surface area contributed by atoms with Crippen molar-refractivity contribution in [1.29, 1.82) is 5.26 Å². The molecule has 0 aliphatic heterocycles. The SMILES string of the molecule is C[C@@](C#N)(NC(=O)COc1ccc(C(F)(F)F)cc1)C1CC1. The lowest BCUT2D eigenvalue weighted by Crippen LogP contribution is -2.48. The van der Waals surface area contributed by atoms with E-state index in [1.54, 1.807) is 6.92 Å². The quantitative estimate of drug-likeness (QED) is 0.909. The minimum atomic E-state index is -4.41. The summed E-state index contributed by atoms with van der Waals surface area (Å²) in [7, 11) is 0. The summed E-state index contributed by atoms with van der Waals surface area (Å²) in [5.41, 5.74) is -1.70. The van der Waals surface area contributed by atoms with E-state index in [4.69, 9.17) is 10.00 Å². The zero-order chi connectivity index (χ0) is 16.4. The van der Waals surface area contributed by atoms with Crippen molar-refractivity contribution in [3.63, 3.8) is 0 Å². The fourth-order valence-electron chi connectivity index (χ4n) is 2.10. The molecule has 118 valence electrons. The topological polar surface area (TPSA) is 62.1 Å². The number of rotatable bonds is 5. The Hall–Kier alpha value is -2.23. The van der Waals surface area contributed by atoms with E-state index in [2.05, 4.69) is 11.4 Å². The minimum absolute atomic E-state index is 0.146. The van der Waals surface area contributed by atoms with Crippen LogP contribution in [0.2, 0.25) is 0 Å². The Morgan fingerprint density at radius 1 is 1.36 bits per heavy atom. The summed E-state index contributed by atoms with van der Waals surface area (Å²) in [5.74, 6) is -0.170. The molecule has 1 fully saturated rings. The van der Waals surface area contributed by atoms with Gasteiger partial charge in [0, 0.05) is 0 Å². The van der Waals surface area contributed by atoms with Gasteiger partial charge in [0.05, 0.1) is 11.6 Å². The number of nitrogens with zero attached hydrogens (tertiary/aromatic N) is 1. The molecule has 7 heteroatoms. The lowest BCUT2D eigenvalue weighted by atomic mass is 9.98. The molecule has 4 nitrogen and oxygen atoms in total. The molecule has 1 aliphatic carbocycles. The molecule has 0 saturated heterocycles. The van der Waals surface area contributed by atoms with E-state index in [9.17, 15) is 18.0 Å². The van der Waals surface area contributed by atoms with Crippen LogP contribution in [0, 0.1) is 17.2 Å². The van der Waals surface area contributed by atoms with Crippen LogP contribution in [-0.4, -0.2) is 18.1 Å². The molecule has 1 aromatic rings. The van der Waals surface area contributed by atoms with E-state index >= 15 is 0 Å². The van der Waals surface area contributed by atoms with Gasteiger partial charge in [0.2, 0.25) is 0 Å². The van der Waals surface area contributed by atoms with Crippen LogP contribution in [0.4, 0.5) is 13.2 Å². The maximum absolute atomic E-state index is 12.4. The van der Waals surface area contributed by atoms with Crippen LogP contribution in [0.3, 0.4) is 0 Å². The molecule has 22 heavy (non-hydrogen) atoms. The van der Waals surface area contributed by atoms with E-state index in [0.29, 0.717) is 0 Å². The molecule has 1 N–H and O–H groups in total. The predicted octanol–water partition coefficient (Wildman–Crippen LogP) is 2.89. The zero-order valence-electron chi connectivity index (χ0n) is 11.9. The minimum Gasteiger partial charge on any atom is -0.484 e. The van der Waals surface area contributed by atoms with Gasteiger partial charge >= 0.3 is 6.18 Å². The number of benzene rings is 1. The maximum atomic E-state index is 12.4. The highest BCUT2D eigenvalue weighted by molar-refractivity contribution is 5.79. The number of amides is 1. The number of alkyl halides is 3. The normalized spacial score (nSPS) is 17.2. The second-order valence-corrected chi connectivity index (χ2v) is 5.45. The van der Waals surface area contributed by atoms with E-state index < -0.39 is 23.2 Å². The van der Waals surface area contributed by atoms with Gasteiger partial charge in [-0.05, 0) is 49.9 Å². The van der Waals surface area contributed by atoms with Gasteiger partial charge < -0.3 is 10.1 Å². The first-order chi connectivity index (χ1) is 10.2. The largest absolute Gasteiger partial charge is 0.484 e. The van der Waals surface area contributed by atoms with E-state index in [0.717, 1.165) is 37.1 Å². The number of hydrogen-bond acceptors (Lipinski definition) is 3. The van der Waals surface area contributed by atoms with Crippen molar-refractivity contribution in [2.45, 2.75) is 31.5 Å². The second-order valence-electron chi connectivity index (χ2n) is 5.45. The third-order valence-corrected chi connectivity index (χ3v) is 3.58. The Morgan fingerprint density at radius 2 is 1.95 bits per heavy atom. The van der Waals surface area contributed by atoms with Gasteiger partial charge in [-0.15, -0.1) is 0 Å². The summed E-state index contributed by atoms with van der Waals surface area (Å²) in [4.78, 5) is 11.8. The van der Waals surface area contributed by atoms with Crippen LogP contribution in [0.25, 0.3) is 0 Å². The van der Waals surface area contributed by atoms with Gasteiger partial charge in [-0.2, -0.15) is 18.4 Å². The zero-order valence-corrected chi connectivity index (χ0v) is 11.9. The number of ether oxygens (including phenoxy) is 1. The van der Waals surface area contributed by atoms with Crippen molar-refractivity contribution in [3.05, 3.63) is 29.8 Å². The van der Waals surface area contributed by atoms with Crippen LogP contribution in [0.5, 0.6) is 5.75 Å². The van der Waals surface area contributed by atoms with Crippen molar-refractivity contribution in [2.24, 2.45) is 5.92 Å². The third kappa shape index (κ3) is 3.91. The van der Waals surface area contributed by atoms with Crippen molar-refractivity contribution < 1.29 is 22.7 Å². The van der Waals surface area contributed by atoms with Gasteiger partial charge in [-0.3, -0.25) is 4.79 Å². The van der Waals surface area contributed by atoms with E-state index in [1.165, 1.54) is 0 Å². The first kappa shape index (κ1) is 16.1. The molecule has 0 heterocycles. The average molecular weight is 312 g/mol. The molecule has 0 aromatic heterocycles. The van der Waals surface area contributed by atoms with Crippen LogP contribution in [0.15, 0.2) is 24.3 Å². The lowest BCUT2D eigenvalue weighted by molar-refractivity contribution is -0.137. The third-order valence-electron chi connectivity index (χ3n) is 3.58. The molecular weight excluding hydrogens is 297 g/mol. The van der Waals surface area contributed by atoms with Crippen molar-refractivity contribution in [2.75, 3.05) is 6.61 Å². The van der Waals surface area contributed by atoms with Crippen molar-refractivity contribution in [3.8, 4) is 11.8 Å². The van der Waals surface area contributed by atoms with Gasteiger partial charge in [-0.1, -0.05) is 0 Å². The summed E-state index contributed by atoms with van der Waals surface area (Å²) >= 11 is 0. The molecule has 1 amide bonds. The Labute approximate surface area is 125 Å². The molecule has 0 radical (unpaired) electrons. The molecule has 0 bridgehead atoms. The standard InChI is InChI=1S/C15H15F3N2O2/c1-14(9-19,10-2-3-10)20-13(21)8-22-12-6-4-11(5-7-12)15(16,17)18/h4-7,10H,2-3,8H2,1H3,(H,20,21)/t14-/m0/s1. The number of nitrogens with one attached hydrogen (secondary N) is 1. The number of hydrogen-bond donors (Lipinski definition) is 1. The van der Waals surface area contributed by atoms with E-state index in [1.807, 2.05) is 0 Å². The first-order valence-electron chi connectivity index (χ1n) is 6.77. The number of carbonyl (C=O) groups is 1. The van der Waals surface area contributed by atoms with Gasteiger partial charge in [0.1, 0.15) is 11.3 Å². The molecule has 0 spiro atoms. The molecule has 1 saturated carbocycles. The Balaban J connectivity index is 1.87. The molecular formula is C15H15F3N2O2. The lowest BCUT2D eigenvalue weighted by Gasteiger charge is -2.22. The van der Waals surface area contributed by atoms with Crippen molar-refractivity contribution >= 4 is 5.91 Å². The summed E-state index contributed by atoms with van der Waals surface area (Å²) in [5, 5.41) is 11.7. The fraction of sp³-hybridized carbons (Fsp3) is 0.467. The maximum Gasteiger partial charge on any atom is 0.416 e. The molecule has 0 unspecified atom stereocenters. The molecule has 1 aromatic carbocycles. The number of halogens is 3. The highest BCUT2D eigenvalue weighted by Gasteiger charge is 2.43. The monoisotopic (exact) mass is 312 g/mol. The molecule has 1 atom stereocenters. The Bertz CT molecular complexity index is 588. The highest BCUT2D eigenvalue weighted by Crippen LogP contribution is 2.39. The summed E-state index contributed by atoms with van der Waals surface area (Å²) in [6.07, 6.45) is -2.62. The van der Waals surface area contributed by atoms with Gasteiger partial charge in [0.15, 0.2) is 6.61 Å². The van der Waals surface area contributed by atoms with Crippen molar-refractivity contribution in [1.82, 2.24) is 5.32 Å².